The van der Waals surface area contributed by atoms with Crippen LogP contribution < -0.4 is 0 Å². The quantitative estimate of drug-likeness (QED) is 0.212. The molecule has 0 saturated heterocycles. The molecular weight excluding hydrogens is 385 g/mol. The van der Waals surface area contributed by atoms with Gasteiger partial charge < -0.3 is 0 Å². The molecule has 0 bridgehead atoms. The van der Waals surface area contributed by atoms with Gasteiger partial charge in [0.15, 0.2) is 23.3 Å². The number of aliphatic imine (C=N–C) groups is 1. The average Bonchev–Trinajstić information content (AvgIpc) is 2.67. The van der Waals surface area contributed by atoms with Gasteiger partial charge in [-0.2, -0.15) is 0 Å². The minimum absolute atomic E-state index is 0.148. The lowest BCUT2D eigenvalue weighted by atomic mass is 9.98. The molecule has 0 heterocycles. The maximum atomic E-state index is 14.1. The molecule has 3 aromatic carbocycles. The third kappa shape index (κ3) is 3.85. The summed E-state index contributed by atoms with van der Waals surface area (Å²) < 4.78 is 68.5. The Balaban J connectivity index is 2.00. The lowest BCUT2D eigenvalue weighted by molar-refractivity contribution is 0.381. The second kappa shape index (κ2) is 7.88. The highest BCUT2D eigenvalue weighted by molar-refractivity contribution is 6.30. The summed E-state index contributed by atoms with van der Waals surface area (Å²) in [7, 11) is 0. The molecule has 7 heteroatoms. The second-order valence-electron chi connectivity index (χ2n) is 5.63. The maximum Gasteiger partial charge on any atom is 0.200 e. The molecule has 138 valence electrons. The Hall–Kier alpha value is -2.73. The maximum absolute atomic E-state index is 14.1. The van der Waals surface area contributed by atoms with Crippen molar-refractivity contribution < 1.29 is 22.0 Å². The molecule has 0 amide bonds. The lowest BCUT2D eigenvalue weighted by Gasteiger charge is -2.11. The van der Waals surface area contributed by atoms with Crippen molar-refractivity contribution in [1.29, 1.82) is 0 Å². The summed E-state index contributed by atoms with van der Waals surface area (Å²) in [5, 5.41) is 0.569. The molecule has 0 aliphatic heterocycles. The number of hydrogen-bond donors (Lipinski definition) is 0. The summed E-state index contributed by atoms with van der Waals surface area (Å²) in [6.45, 7) is 0.253. The standard InChI is InChI=1S/C20H11ClF5N/c21-13-7-5-11(6-8-13)9-27-10-12-3-1-2-4-14(12)15-16(22)18(24)20(26)19(25)17(15)23/h1-8,10H,9H2. The summed E-state index contributed by atoms with van der Waals surface area (Å²) in [6, 6.07) is 12.6. The van der Waals surface area contributed by atoms with Gasteiger partial charge in [-0.25, -0.2) is 22.0 Å². The van der Waals surface area contributed by atoms with E-state index in [1.165, 1.54) is 24.4 Å². The topological polar surface area (TPSA) is 12.4 Å². The Morgan fingerprint density at radius 2 is 1.30 bits per heavy atom. The molecule has 3 aromatic rings. The van der Waals surface area contributed by atoms with Crippen LogP contribution >= 0.6 is 11.6 Å². The van der Waals surface area contributed by atoms with Crippen molar-refractivity contribution in [2.75, 3.05) is 0 Å². The molecule has 0 saturated carbocycles. The minimum atomic E-state index is -2.19. The van der Waals surface area contributed by atoms with Crippen LogP contribution in [0.3, 0.4) is 0 Å². The minimum Gasteiger partial charge on any atom is -0.288 e. The fourth-order valence-electron chi connectivity index (χ4n) is 2.52. The van der Waals surface area contributed by atoms with E-state index in [1.54, 1.807) is 30.3 Å². The summed E-state index contributed by atoms with van der Waals surface area (Å²) >= 11 is 5.80. The van der Waals surface area contributed by atoms with E-state index in [4.69, 9.17) is 11.6 Å². The van der Waals surface area contributed by atoms with E-state index in [1.807, 2.05) is 0 Å². The van der Waals surface area contributed by atoms with Gasteiger partial charge >= 0.3 is 0 Å². The van der Waals surface area contributed by atoms with Crippen molar-refractivity contribution in [3.8, 4) is 11.1 Å². The summed E-state index contributed by atoms with van der Waals surface area (Å²) in [5.74, 6) is -9.94. The zero-order valence-electron chi connectivity index (χ0n) is 13.6. The van der Waals surface area contributed by atoms with E-state index < -0.39 is 34.6 Å². The second-order valence-corrected chi connectivity index (χ2v) is 6.06. The van der Waals surface area contributed by atoms with Gasteiger partial charge in [-0.1, -0.05) is 48.0 Å². The number of nitrogens with zero attached hydrogens (tertiary/aromatic N) is 1. The van der Waals surface area contributed by atoms with Crippen molar-refractivity contribution >= 4 is 17.8 Å². The first kappa shape index (κ1) is 19.0. The molecular formula is C20H11ClF5N. The predicted molar refractivity (Wildman–Crippen MR) is 94.4 cm³/mol. The molecule has 0 atom stereocenters. The largest absolute Gasteiger partial charge is 0.288 e. The van der Waals surface area contributed by atoms with E-state index in [2.05, 4.69) is 4.99 Å². The van der Waals surface area contributed by atoms with Gasteiger partial charge in [0.1, 0.15) is 0 Å². The fraction of sp³-hybridized carbons (Fsp3) is 0.0500. The first-order valence-electron chi connectivity index (χ1n) is 7.75. The number of rotatable bonds is 4. The molecule has 0 radical (unpaired) electrons. The molecule has 0 fully saturated rings. The van der Waals surface area contributed by atoms with Crippen molar-refractivity contribution in [2.24, 2.45) is 4.99 Å². The van der Waals surface area contributed by atoms with E-state index >= 15 is 0 Å². The van der Waals surface area contributed by atoms with Crippen molar-refractivity contribution in [3.05, 3.63) is 93.8 Å². The van der Waals surface area contributed by atoms with Crippen LogP contribution in [-0.2, 0) is 6.54 Å². The highest BCUT2D eigenvalue weighted by Gasteiger charge is 2.27. The third-order valence-electron chi connectivity index (χ3n) is 3.86. The van der Waals surface area contributed by atoms with Gasteiger partial charge in [-0.05, 0) is 23.3 Å². The zero-order valence-corrected chi connectivity index (χ0v) is 14.4. The number of benzene rings is 3. The molecule has 0 N–H and O–H groups in total. The van der Waals surface area contributed by atoms with Gasteiger partial charge in [-0.15, -0.1) is 0 Å². The van der Waals surface area contributed by atoms with Gasteiger partial charge in [-0.3, -0.25) is 4.99 Å². The first-order valence-corrected chi connectivity index (χ1v) is 8.13. The average molecular weight is 396 g/mol. The van der Waals surface area contributed by atoms with Crippen LogP contribution in [0.4, 0.5) is 22.0 Å². The predicted octanol–water partition coefficient (Wildman–Crippen LogP) is 6.32. The van der Waals surface area contributed by atoms with Gasteiger partial charge in [0.25, 0.3) is 0 Å². The number of hydrogen-bond acceptors (Lipinski definition) is 1. The normalized spacial score (nSPS) is 11.3. The summed E-state index contributed by atoms with van der Waals surface area (Å²) in [4.78, 5) is 4.17. The molecule has 0 aromatic heterocycles. The number of halogens is 6. The van der Waals surface area contributed by atoms with Crippen LogP contribution in [0.1, 0.15) is 11.1 Å². The fourth-order valence-corrected chi connectivity index (χ4v) is 2.64. The van der Waals surface area contributed by atoms with Crippen LogP contribution in [0.2, 0.25) is 5.02 Å². The summed E-state index contributed by atoms with van der Waals surface area (Å²) in [6.07, 6.45) is 1.32. The van der Waals surface area contributed by atoms with Crippen LogP contribution in [0.25, 0.3) is 11.1 Å². The van der Waals surface area contributed by atoms with Gasteiger partial charge in [0.2, 0.25) is 5.82 Å². The van der Waals surface area contributed by atoms with Gasteiger partial charge in [0, 0.05) is 16.8 Å². The first-order chi connectivity index (χ1) is 12.9. The molecule has 0 aliphatic carbocycles. The third-order valence-corrected chi connectivity index (χ3v) is 4.11. The highest BCUT2D eigenvalue weighted by Crippen LogP contribution is 2.33. The van der Waals surface area contributed by atoms with Crippen molar-refractivity contribution in [1.82, 2.24) is 0 Å². The van der Waals surface area contributed by atoms with Crippen molar-refractivity contribution in [3.63, 3.8) is 0 Å². The Morgan fingerprint density at radius 1 is 0.741 bits per heavy atom. The van der Waals surface area contributed by atoms with Crippen molar-refractivity contribution in [2.45, 2.75) is 6.54 Å². The SMILES string of the molecule is Fc1c(F)c(F)c(-c2ccccc2C=NCc2ccc(Cl)cc2)c(F)c1F. The molecule has 0 unspecified atom stereocenters. The molecule has 0 spiro atoms. The van der Waals surface area contributed by atoms with Crippen LogP contribution in [0.5, 0.6) is 0 Å². The van der Waals surface area contributed by atoms with E-state index in [0.29, 0.717) is 5.02 Å². The van der Waals surface area contributed by atoms with Crippen LogP contribution in [0, 0.1) is 29.1 Å². The van der Waals surface area contributed by atoms with E-state index in [-0.39, 0.29) is 17.7 Å². The molecule has 3 rings (SSSR count). The van der Waals surface area contributed by atoms with Crippen LogP contribution in [-0.4, -0.2) is 6.21 Å². The van der Waals surface area contributed by atoms with E-state index in [0.717, 1.165) is 5.56 Å². The highest BCUT2D eigenvalue weighted by atomic mass is 35.5. The van der Waals surface area contributed by atoms with Crippen LogP contribution in [0.15, 0.2) is 53.5 Å². The Morgan fingerprint density at radius 3 is 1.93 bits per heavy atom. The Bertz CT molecular complexity index is 987. The monoisotopic (exact) mass is 395 g/mol. The smallest absolute Gasteiger partial charge is 0.200 e. The molecule has 1 nitrogen and oxygen atoms in total. The molecule has 0 aliphatic rings. The molecule has 27 heavy (non-hydrogen) atoms. The summed E-state index contributed by atoms with van der Waals surface area (Å²) in [5.41, 5.74) is -0.0795. The Kier molecular flexibility index (Phi) is 5.56. The van der Waals surface area contributed by atoms with E-state index in [9.17, 15) is 22.0 Å². The van der Waals surface area contributed by atoms with Gasteiger partial charge in [0.05, 0.1) is 12.1 Å². The lowest BCUT2D eigenvalue weighted by Crippen LogP contribution is -2.05. The Labute approximate surface area is 156 Å². The zero-order chi connectivity index (χ0) is 19.6.